The molecule has 0 aliphatic rings. The lowest BCUT2D eigenvalue weighted by atomic mass is 10.1. The summed E-state index contributed by atoms with van der Waals surface area (Å²) >= 11 is 0. The topological polar surface area (TPSA) is 84.3 Å². The third kappa shape index (κ3) is 4.04. The Morgan fingerprint density at radius 2 is 1.69 bits per heavy atom. The highest BCUT2D eigenvalue weighted by Crippen LogP contribution is 2.26. The number of carbonyl (C=O) groups is 1. The average molecular weight is 415 g/mol. The van der Waals surface area contributed by atoms with Gasteiger partial charge in [-0.05, 0) is 74.2 Å². The van der Waals surface area contributed by atoms with E-state index < -0.39 is 10.0 Å². The fraction of sp³-hybridized carbons (Fsp3) is 0.333. The second-order valence-electron chi connectivity index (χ2n) is 7.55. The lowest BCUT2D eigenvalue weighted by Crippen LogP contribution is -2.23. The first-order chi connectivity index (χ1) is 13.5. The van der Waals surface area contributed by atoms with Gasteiger partial charge < -0.3 is 9.88 Å². The number of amides is 1. The quantitative estimate of drug-likeness (QED) is 0.695. The summed E-state index contributed by atoms with van der Waals surface area (Å²) in [6.07, 6.45) is 1.65. The number of aromatic nitrogens is 2. The van der Waals surface area contributed by atoms with Gasteiger partial charge in [-0.25, -0.2) is 17.7 Å². The van der Waals surface area contributed by atoms with Crippen molar-refractivity contribution in [2.75, 3.05) is 19.4 Å². The molecule has 0 unspecified atom stereocenters. The molecule has 0 bridgehead atoms. The number of carbonyl (C=O) groups excluding carboxylic acids is 1. The maximum Gasteiger partial charge on any atom is 0.244 e. The number of fused-ring (bicyclic) bond motifs is 1. The van der Waals surface area contributed by atoms with E-state index in [1.165, 1.54) is 20.2 Å². The van der Waals surface area contributed by atoms with Crippen LogP contribution < -0.4 is 5.32 Å². The standard InChI is InChI=1S/C21H26N4O3S/c1-13-8-19-20(9-14(13)2)25(12-22-19)11-21(26)23-18-10-17(7-15(3)16(18)4)29(27,28)24(5)6/h7-10,12H,11H2,1-6H3,(H,23,26). The summed E-state index contributed by atoms with van der Waals surface area (Å²) < 4.78 is 27.9. The molecule has 0 saturated carbocycles. The van der Waals surface area contributed by atoms with Crippen LogP contribution in [0.15, 0.2) is 35.5 Å². The molecule has 29 heavy (non-hydrogen) atoms. The van der Waals surface area contributed by atoms with Crippen LogP contribution in [0.5, 0.6) is 0 Å². The van der Waals surface area contributed by atoms with Crippen LogP contribution in [0.3, 0.4) is 0 Å². The van der Waals surface area contributed by atoms with Crippen LogP contribution in [-0.4, -0.2) is 42.3 Å². The van der Waals surface area contributed by atoms with Crippen LogP contribution in [0.2, 0.25) is 0 Å². The van der Waals surface area contributed by atoms with E-state index in [0.717, 1.165) is 37.6 Å². The summed E-state index contributed by atoms with van der Waals surface area (Å²) in [5.74, 6) is -0.246. The van der Waals surface area contributed by atoms with Crippen LogP contribution >= 0.6 is 0 Å². The largest absolute Gasteiger partial charge is 0.324 e. The Kier molecular flexibility index (Phi) is 5.51. The zero-order valence-electron chi connectivity index (χ0n) is 17.6. The molecule has 0 saturated heterocycles. The predicted molar refractivity (Wildman–Crippen MR) is 115 cm³/mol. The van der Waals surface area contributed by atoms with E-state index >= 15 is 0 Å². The monoisotopic (exact) mass is 414 g/mol. The minimum absolute atomic E-state index is 0.0855. The van der Waals surface area contributed by atoms with Gasteiger partial charge in [0.1, 0.15) is 6.54 Å². The highest BCUT2D eigenvalue weighted by Gasteiger charge is 2.20. The minimum atomic E-state index is -3.60. The molecule has 8 heteroatoms. The summed E-state index contributed by atoms with van der Waals surface area (Å²) in [6, 6.07) is 7.15. The van der Waals surface area contributed by atoms with Gasteiger partial charge in [0, 0.05) is 19.8 Å². The van der Waals surface area contributed by atoms with E-state index in [-0.39, 0.29) is 17.3 Å². The molecule has 0 fully saturated rings. The maximum absolute atomic E-state index is 12.7. The lowest BCUT2D eigenvalue weighted by molar-refractivity contribution is -0.116. The molecule has 1 amide bonds. The van der Waals surface area contributed by atoms with Gasteiger partial charge in [0.2, 0.25) is 15.9 Å². The molecule has 1 aromatic heterocycles. The van der Waals surface area contributed by atoms with Crippen LogP contribution in [0, 0.1) is 27.7 Å². The first-order valence-corrected chi connectivity index (χ1v) is 10.7. The van der Waals surface area contributed by atoms with E-state index in [0.29, 0.717) is 5.69 Å². The molecule has 1 heterocycles. The Morgan fingerprint density at radius 1 is 1.03 bits per heavy atom. The lowest BCUT2D eigenvalue weighted by Gasteiger charge is -2.16. The normalized spacial score (nSPS) is 12.0. The van der Waals surface area contributed by atoms with Crippen molar-refractivity contribution in [2.24, 2.45) is 0 Å². The van der Waals surface area contributed by atoms with Crippen molar-refractivity contribution in [3.8, 4) is 0 Å². The molecule has 2 aromatic carbocycles. The van der Waals surface area contributed by atoms with Crippen molar-refractivity contribution in [2.45, 2.75) is 39.1 Å². The molecule has 154 valence electrons. The van der Waals surface area contributed by atoms with Gasteiger partial charge in [-0.1, -0.05) is 0 Å². The number of anilines is 1. The summed E-state index contributed by atoms with van der Waals surface area (Å²) in [5.41, 5.74) is 6.13. The molecular weight excluding hydrogens is 388 g/mol. The Morgan fingerprint density at radius 3 is 2.34 bits per heavy atom. The van der Waals surface area contributed by atoms with E-state index in [2.05, 4.69) is 10.3 Å². The first kappa shape index (κ1) is 21.0. The fourth-order valence-electron chi connectivity index (χ4n) is 3.10. The van der Waals surface area contributed by atoms with E-state index in [1.54, 1.807) is 17.0 Å². The second kappa shape index (κ2) is 7.61. The van der Waals surface area contributed by atoms with Crippen molar-refractivity contribution < 1.29 is 13.2 Å². The first-order valence-electron chi connectivity index (χ1n) is 9.26. The summed E-state index contributed by atoms with van der Waals surface area (Å²) in [4.78, 5) is 17.2. The van der Waals surface area contributed by atoms with E-state index in [9.17, 15) is 13.2 Å². The Hall–Kier alpha value is -2.71. The molecule has 0 spiro atoms. The van der Waals surface area contributed by atoms with Crippen LogP contribution in [0.25, 0.3) is 11.0 Å². The Balaban J connectivity index is 1.90. The number of nitrogens with zero attached hydrogens (tertiary/aromatic N) is 3. The molecule has 0 aliphatic carbocycles. The van der Waals surface area contributed by atoms with Crippen LogP contribution in [0.1, 0.15) is 22.3 Å². The van der Waals surface area contributed by atoms with Gasteiger partial charge in [-0.3, -0.25) is 4.79 Å². The zero-order chi connectivity index (χ0) is 21.5. The minimum Gasteiger partial charge on any atom is -0.324 e. The molecule has 0 radical (unpaired) electrons. The maximum atomic E-state index is 12.7. The van der Waals surface area contributed by atoms with Gasteiger partial charge >= 0.3 is 0 Å². The molecule has 3 rings (SSSR count). The average Bonchev–Trinajstić information content (AvgIpc) is 3.00. The van der Waals surface area contributed by atoms with Crippen molar-refractivity contribution in [3.63, 3.8) is 0 Å². The third-order valence-corrected chi connectivity index (χ3v) is 7.04. The smallest absolute Gasteiger partial charge is 0.244 e. The predicted octanol–water partition coefficient (Wildman–Crippen LogP) is 3.16. The van der Waals surface area contributed by atoms with Gasteiger partial charge in [-0.15, -0.1) is 0 Å². The molecule has 0 atom stereocenters. The molecule has 1 N–H and O–H groups in total. The van der Waals surface area contributed by atoms with Crippen LogP contribution in [-0.2, 0) is 21.4 Å². The fourth-order valence-corrected chi connectivity index (χ4v) is 4.11. The van der Waals surface area contributed by atoms with Crippen molar-refractivity contribution in [1.82, 2.24) is 13.9 Å². The second-order valence-corrected chi connectivity index (χ2v) is 9.70. The third-order valence-electron chi connectivity index (χ3n) is 5.24. The van der Waals surface area contributed by atoms with E-state index in [1.807, 2.05) is 39.8 Å². The Labute approximate surface area is 171 Å². The van der Waals surface area contributed by atoms with Crippen molar-refractivity contribution in [1.29, 1.82) is 0 Å². The molecule has 7 nitrogen and oxygen atoms in total. The van der Waals surface area contributed by atoms with Gasteiger partial charge in [0.05, 0.1) is 22.3 Å². The highest BCUT2D eigenvalue weighted by molar-refractivity contribution is 7.89. The zero-order valence-corrected chi connectivity index (χ0v) is 18.4. The molecule has 3 aromatic rings. The number of rotatable bonds is 5. The summed E-state index contributed by atoms with van der Waals surface area (Å²) in [5, 5.41) is 2.86. The Bertz CT molecular complexity index is 1210. The molecular formula is C21H26N4O3S. The molecule has 0 aliphatic heterocycles. The van der Waals surface area contributed by atoms with Gasteiger partial charge in [-0.2, -0.15) is 0 Å². The summed E-state index contributed by atoms with van der Waals surface area (Å²) in [7, 11) is -0.630. The van der Waals surface area contributed by atoms with Gasteiger partial charge in [0.25, 0.3) is 0 Å². The number of aryl methyl sites for hydroxylation is 3. The number of benzene rings is 2. The highest BCUT2D eigenvalue weighted by atomic mass is 32.2. The SMILES string of the molecule is Cc1cc2ncn(CC(=O)Nc3cc(S(=O)(=O)N(C)C)cc(C)c3C)c2cc1C. The number of hydrogen-bond donors (Lipinski definition) is 1. The van der Waals surface area contributed by atoms with Gasteiger partial charge in [0.15, 0.2) is 0 Å². The van der Waals surface area contributed by atoms with Crippen molar-refractivity contribution >= 4 is 32.7 Å². The summed E-state index contributed by atoms with van der Waals surface area (Å²) in [6.45, 7) is 7.82. The number of nitrogens with one attached hydrogen (secondary N) is 1. The number of sulfonamides is 1. The van der Waals surface area contributed by atoms with Crippen molar-refractivity contribution in [3.05, 3.63) is 52.8 Å². The van der Waals surface area contributed by atoms with E-state index in [4.69, 9.17) is 0 Å². The number of imidazole rings is 1. The number of hydrogen-bond acceptors (Lipinski definition) is 4. The van der Waals surface area contributed by atoms with Crippen LogP contribution in [0.4, 0.5) is 5.69 Å².